The summed E-state index contributed by atoms with van der Waals surface area (Å²) in [4.78, 5) is 13.2. The number of methoxy groups -OCH3 is 1. The second-order valence-electron chi connectivity index (χ2n) is 11.3. The van der Waals surface area contributed by atoms with E-state index < -0.39 is 0 Å². The maximum atomic E-state index is 13.2. The largest absolute Gasteiger partial charge is 0.496 e. The number of ether oxygens (including phenoxy) is 2. The standard InChI is InChI=1S/C35H46O4/c1-4-5-7-14-31(36)21-22-32-30(24-29-13-10-15-33(38-3)25(29)2)20-23-34(32)39-35(37)28-18-16-27(17-19-28)26-11-8-6-9-12-26/h8,10-13,15-19,30-32,34,36H,4-7,9,14,20-24H2,1-3H3/t30-,31+,32?,34-/m1/s1. The normalized spacial score (nSPS) is 21.4. The Labute approximate surface area is 235 Å². The van der Waals surface area contributed by atoms with Gasteiger partial charge in [-0.15, -0.1) is 0 Å². The number of hydrogen-bond acceptors (Lipinski definition) is 4. The molecule has 210 valence electrons. The molecule has 1 fully saturated rings. The fourth-order valence-electron chi connectivity index (χ4n) is 6.31. The maximum Gasteiger partial charge on any atom is 0.338 e. The van der Waals surface area contributed by atoms with Crippen LogP contribution in [0.4, 0.5) is 0 Å². The Bertz CT molecular complexity index is 1130. The highest BCUT2D eigenvalue weighted by Gasteiger charge is 2.39. The molecule has 2 aromatic carbocycles. The molecule has 2 aromatic rings. The van der Waals surface area contributed by atoms with E-state index in [4.69, 9.17) is 9.47 Å². The maximum absolute atomic E-state index is 13.2. The van der Waals surface area contributed by atoms with Crippen LogP contribution < -0.4 is 4.74 Å². The summed E-state index contributed by atoms with van der Waals surface area (Å²) in [5.74, 6) is 1.31. The molecule has 4 nitrogen and oxygen atoms in total. The second-order valence-corrected chi connectivity index (χ2v) is 11.3. The van der Waals surface area contributed by atoms with E-state index in [0.717, 1.165) is 81.9 Å². The van der Waals surface area contributed by atoms with Crippen LogP contribution in [0.2, 0.25) is 0 Å². The molecule has 39 heavy (non-hydrogen) atoms. The first-order valence-corrected chi connectivity index (χ1v) is 15.0. The van der Waals surface area contributed by atoms with Crippen LogP contribution in [0.15, 0.2) is 60.7 Å². The highest BCUT2D eigenvalue weighted by Crippen LogP contribution is 2.41. The third-order valence-corrected chi connectivity index (χ3v) is 8.68. The summed E-state index contributed by atoms with van der Waals surface area (Å²) in [6.07, 6.45) is 17.0. The van der Waals surface area contributed by atoms with Crippen LogP contribution in [0.1, 0.15) is 98.2 Å². The molecule has 2 aliphatic rings. The van der Waals surface area contributed by atoms with Crippen LogP contribution in [0.3, 0.4) is 0 Å². The predicted molar refractivity (Wildman–Crippen MR) is 159 cm³/mol. The Kier molecular flexibility index (Phi) is 10.8. The fourth-order valence-corrected chi connectivity index (χ4v) is 6.31. The first-order valence-electron chi connectivity index (χ1n) is 15.0. The Hall–Kier alpha value is -2.85. The molecule has 0 radical (unpaired) electrons. The molecule has 1 unspecified atom stereocenters. The number of aliphatic hydroxyl groups excluding tert-OH is 1. The van der Waals surface area contributed by atoms with Crippen LogP contribution >= 0.6 is 0 Å². The summed E-state index contributed by atoms with van der Waals surface area (Å²) >= 11 is 0. The van der Waals surface area contributed by atoms with Gasteiger partial charge in [0.2, 0.25) is 0 Å². The average Bonchev–Trinajstić information content (AvgIpc) is 3.34. The molecule has 0 saturated heterocycles. The van der Waals surface area contributed by atoms with Gasteiger partial charge in [-0.25, -0.2) is 4.79 Å². The van der Waals surface area contributed by atoms with E-state index in [9.17, 15) is 9.90 Å². The quantitative estimate of drug-likeness (QED) is 0.209. The molecule has 0 bridgehead atoms. The lowest BCUT2D eigenvalue weighted by atomic mass is 9.83. The summed E-state index contributed by atoms with van der Waals surface area (Å²) in [7, 11) is 1.72. The van der Waals surface area contributed by atoms with Gasteiger partial charge in [-0.3, -0.25) is 0 Å². The molecule has 4 rings (SSSR count). The third-order valence-electron chi connectivity index (χ3n) is 8.68. The first-order chi connectivity index (χ1) is 19.0. The van der Waals surface area contributed by atoms with Crippen molar-refractivity contribution in [1.82, 2.24) is 0 Å². The molecule has 1 N–H and O–H groups in total. The molecule has 1 saturated carbocycles. The van der Waals surface area contributed by atoms with Gasteiger partial charge in [-0.2, -0.15) is 0 Å². The van der Waals surface area contributed by atoms with Crippen molar-refractivity contribution in [3.8, 4) is 5.75 Å². The fraction of sp³-hybridized carbons (Fsp3) is 0.514. The molecule has 0 amide bonds. The summed E-state index contributed by atoms with van der Waals surface area (Å²) in [5.41, 5.74) is 5.42. The van der Waals surface area contributed by atoms with E-state index in [0.29, 0.717) is 11.5 Å². The van der Waals surface area contributed by atoms with E-state index in [-0.39, 0.29) is 24.1 Å². The van der Waals surface area contributed by atoms with Crippen molar-refractivity contribution in [2.45, 2.75) is 96.7 Å². The number of benzene rings is 2. The summed E-state index contributed by atoms with van der Waals surface area (Å²) in [6, 6.07) is 14.1. The lowest BCUT2D eigenvalue weighted by Crippen LogP contribution is -2.27. The highest BCUT2D eigenvalue weighted by atomic mass is 16.5. The molecule has 4 heteroatoms. The molecule has 4 atom stereocenters. The molecular weight excluding hydrogens is 484 g/mol. The molecule has 0 spiro atoms. The van der Waals surface area contributed by atoms with Gasteiger partial charge < -0.3 is 14.6 Å². The topological polar surface area (TPSA) is 55.8 Å². The molecule has 2 aliphatic carbocycles. The number of hydrogen-bond donors (Lipinski definition) is 1. The van der Waals surface area contributed by atoms with Crippen molar-refractivity contribution in [2.24, 2.45) is 11.8 Å². The molecular formula is C35H46O4. The summed E-state index contributed by atoms with van der Waals surface area (Å²) in [6.45, 7) is 4.31. The number of carbonyl (C=O) groups excluding carboxylic acids is 1. The van der Waals surface area contributed by atoms with Gasteiger partial charge in [-0.05, 0) is 111 Å². The highest BCUT2D eigenvalue weighted by molar-refractivity contribution is 5.90. The van der Waals surface area contributed by atoms with E-state index in [1.54, 1.807) is 7.11 Å². The van der Waals surface area contributed by atoms with Gasteiger partial charge in [0, 0.05) is 0 Å². The minimum Gasteiger partial charge on any atom is -0.496 e. The zero-order valence-electron chi connectivity index (χ0n) is 24.0. The minimum atomic E-state index is -0.289. The van der Waals surface area contributed by atoms with E-state index in [1.807, 2.05) is 30.3 Å². The number of unbranched alkanes of at least 4 members (excludes halogenated alkanes) is 2. The first kappa shape index (κ1) is 29.1. The number of aliphatic hydroxyl groups is 1. The zero-order chi connectivity index (χ0) is 27.6. The van der Waals surface area contributed by atoms with Crippen LogP contribution in [-0.4, -0.2) is 30.4 Å². The van der Waals surface area contributed by atoms with Crippen LogP contribution in [0.5, 0.6) is 5.75 Å². The summed E-state index contributed by atoms with van der Waals surface area (Å²) < 4.78 is 11.8. The van der Waals surface area contributed by atoms with Crippen molar-refractivity contribution < 1.29 is 19.4 Å². The van der Waals surface area contributed by atoms with Crippen LogP contribution in [-0.2, 0) is 11.2 Å². The van der Waals surface area contributed by atoms with Crippen LogP contribution in [0.25, 0.3) is 5.57 Å². The van der Waals surface area contributed by atoms with Gasteiger partial charge in [0.1, 0.15) is 11.9 Å². The van der Waals surface area contributed by atoms with Gasteiger partial charge in [0.15, 0.2) is 0 Å². The smallest absolute Gasteiger partial charge is 0.338 e. The monoisotopic (exact) mass is 530 g/mol. The van der Waals surface area contributed by atoms with E-state index >= 15 is 0 Å². The molecule has 0 aromatic heterocycles. The minimum absolute atomic E-state index is 0.125. The van der Waals surface area contributed by atoms with Crippen LogP contribution in [0, 0.1) is 18.8 Å². The van der Waals surface area contributed by atoms with Gasteiger partial charge in [0.05, 0.1) is 18.8 Å². The SMILES string of the molecule is CCCCC[C@H](O)CCC1[C@@H](Cc2cccc(OC)c2C)CC[C@H]1OC(=O)c1ccc(C2=CCCC=C2)cc1. The number of carbonyl (C=O) groups is 1. The Balaban J connectivity index is 1.44. The van der Waals surface area contributed by atoms with Gasteiger partial charge in [0.25, 0.3) is 0 Å². The lowest BCUT2D eigenvalue weighted by molar-refractivity contribution is 0.0137. The van der Waals surface area contributed by atoms with Gasteiger partial charge in [-0.1, -0.05) is 68.7 Å². The van der Waals surface area contributed by atoms with E-state index in [1.165, 1.54) is 16.7 Å². The zero-order valence-corrected chi connectivity index (χ0v) is 24.0. The summed E-state index contributed by atoms with van der Waals surface area (Å²) in [5, 5.41) is 10.7. The molecule has 0 aliphatic heterocycles. The molecule has 0 heterocycles. The average molecular weight is 531 g/mol. The predicted octanol–water partition coefficient (Wildman–Crippen LogP) is 8.25. The lowest BCUT2D eigenvalue weighted by Gasteiger charge is -2.27. The Morgan fingerprint density at radius 3 is 2.59 bits per heavy atom. The number of esters is 1. The van der Waals surface area contributed by atoms with Crippen molar-refractivity contribution in [3.05, 3.63) is 82.9 Å². The Morgan fingerprint density at radius 2 is 1.87 bits per heavy atom. The number of allylic oxidation sites excluding steroid dienone is 4. The van der Waals surface area contributed by atoms with Gasteiger partial charge >= 0.3 is 5.97 Å². The van der Waals surface area contributed by atoms with Crippen molar-refractivity contribution >= 4 is 11.5 Å². The second kappa shape index (κ2) is 14.5. The van der Waals surface area contributed by atoms with Crippen molar-refractivity contribution in [1.29, 1.82) is 0 Å². The van der Waals surface area contributed by atoms with Crippen molar-refractivity contribution in [3.63, 3.8) is 0 Å². The number of rotatable bonds is 13. The third kappa shape index (κ3) is 7.85. The van der Waals surface area contributed by atoms with Crippen molar-refractivity contribution in [2.75, 3.05) is 7.11 Å². The van der Waals surface area contributed by atoms with E-state index in [2.05, 4.69) is 44.2 Å². The Morgan fingerprint density at radius 1 is 1.05 bits per heavy atom.